The molecule has 90 valence electrons. The van der Waals surface area contributed by atoms with E-state index in [1.54, 1.807) is 12.1 Å². The van der Waals surface area contributed by atoms with Gasteiger partial charge in [-0.15, -0.1) is 0 Å². The van der Waals surface area contributed by atoms with Gasteiger partial charge in [0, 0.05) is 14.2 Å². The van der Waals surface area contributed by atoms with Gasteiger partial charge in [-0.1, -0.05) is 30.3 Å². The van der Waals surface area contributed by atoms with Crippen molar-refractivity contribution in [2.75, 3.05) is 14.2 Å². The van der Waals surface area contributed by atoms with Gasteiger partial charge < -0.3 is 4.52 Å². The molecule has 0 saturated heterocycles. The first kappa shape index (κ1) is 12.1. The molecule has 0 fully saturated rings. The molecule has 0 N–H and O–H groups in total. The van der Waals surface area contributed by atoms with Crippen molar-refractivity contribution in [2.45, 2.75) is 0 Å². The van der Waals surface area contributed by atoms with Crippen molar-refractivity contribution in [2.24, 2.45) is 0 Å². The molecular formula is C12H13O4P. The van der Waals surface area contributed by atoms with Gasteiger partial charge in [0.15, 0.2) is 0 Å². The molecule has 0 bridgehead atoms. The van der Waals surface area contributed by atoms with E-state index >= 15 is 0 Å². The molecule has 17 heavy (non-hydrogen) atoms. The largest absolute Gasteiger partial charge is 0.529 e. The van der Waals surface area contributed by atoms with Gasteiger partial charge in [-0.25, -0.2) is 4.57 Å². The highest BCUT2D eigenvalue weighted by molar-refractivity contribution is 7.48. The zero-order valence-corrected chi connectivity index (χ0v) is 10.5. The maximum Gasteiger partial charge on any atom is 0.529 e. The van der Waals surface area contributed by atoms with Crippen molar-refractivity contribution in [3.8, 4) is 5.75 Å². The van der Waals surface area contributed by atoms with Crippen LogP contribution < -0.4 is 4.52 Å². The van der Waals surface area contributed by atoms with Crippen LogP contribution in [-0.4, -0.2) is 14.2 Å². The van der Waals surface area contributed by atoms with Crippen molar-refractivity contribution in [1.82, 2.24) is 0 Å². The fraction of sp³-hybridized carbons (Fsp3) is 0.167. The van der Waals surface area contributed by atoms with E-state index in [0.717, 1.165) is 10.8 Å². The molecule has 2 aromatic rings. The van der Waals surface area contributed by atoms with E-state index in [-0.39, 0.29) is 0 Å². The number of hydrogen-bond acceptors (Lipinski definition) is 4. The monoisotopic (exact) mass is 252 g/mol. The summed E-state index contributed by atoms with van der Waals surface area (Å²) in [5, 5.41) is 2.09. The molecule has 5 heteroatoms. The molecule has 0 atom stereocenters. The first-order chi connectivity index (χ1) is 8.17. The van der Waals surface area contributed by atoms with Crippen LogP contribution in [0.1, 0.15) is 0 Å². The van der Waals surface area contributed by atoms with Gasteiger partial charge in [0.25, 0.3) is 0 Å². The summed E-state index contributed by atoms with van der Waals surface area (Å²) >= 11 is 0. The maximum atomic E-state index is 11.8. The summed E-state index contributed by atoms with van der Waals surface area (Å²) in [6.07, 6.45) is 0. The van der Waals surface area contributed by atoms with Crippen molar-refractivity contribution in [1.29, 1.82) is 0 Å². The molecule has 4 nitrogen and oxygen atoms in total. The third-order valence-electron chi connectivity index (χ3n) is 2.39. The number of rotatable bonds is 4. The standard InChI is InChI=1S/C12H13O4P/c1-14-17(13,15-2)16-12-8-7-10-5-3-4-6-11(10)9-12/h3-9H,1-2H3. The van der Waals surface area contributed by atoms with Crippen molar-refractivity contribution in [3.63, 3.8) is 0 Å². The predicted molar refractivity (Wildman–Crippen MR) is 66.2 cm³/mol. The van der Waals surface area contributed by atoms with Crippen LogP contribution in [-0.2, 0) is 13.6 Å². The first-order valence-electron chi connectivity index (χ1n) is 5.07. The molecule has 0 aromatic heterocycles. The number of phosphoric ester groups is 1. The molecule has 0 radical (unpaired) electrons. The lowest BCUT2D eigenvalue weighted by molar-refractivity contribution is 0.211. The van der Waals surface area contributed by atoms with Crippen molar-refractivity contribution >= 4 is 18.6 Å². The van der Waals surface area contributed by atoms with Gasteiger partial charge in [-0.2, -0.15) is 0 Å². The van der Waals surface area contributed by atoms with Gasteiger partial charge in [-0.05, 0) is 22.9 Å². The van der Waals surface area contributed by atoms with E-state index in [9.17, 15) is 4.57 Å². The Morgan fingerprint density at radius 2 is 1.59 bits per heavy atom. The van der Waals surface area contributed by atoms with Crippen LogP contribution in [0.15, 0.2) is 42.5 Å². The van der Waals surface area contributed by atoms with Crippen molar-refractivity contribution < 1.29 is 18.1 Å². The summed E-state index contributed by atoms with van der Waals surface area (Å²) in [4.78, 5) is 0. The Kier molecular flexibility index (Phi) is 3.48. The summed E-state index contributed by atoms with van der Waals surface area (Å²) in [5.41, 5.74) is 0. The molecule has 0 unspecified atom stereocenters. The number of fused-ring (bicyclic) bond motifs is 1. The molecule has 0 heterocycles. The summed E-state index contributed by atoms with van der Waals surface area (Å²) in [6.45, 7) is 0. The highest BCUT2D eigenvalue weighted by atomic mass is 31.2. The summed E-state index contributed by atoms with van der Waals surface area (Å²) in [5.74, 6) is 0.454. The quantitative estimate of drug-likeness (QED) is 0.779. The summed E-state index contributed by atoms with van der Waals surface area (Å²) in [7, 11) is -0.915. The molecule has 2 aromatic carbocycles. The molecular weight excluding hydrogens is 239 g/mol. The minimum Gasteiger partial charge on any atom is -0.404 e. The average molecular weight is 252 g/mol. The van der Waals surface area contributed by atoms with Crippen LogP contribution in [0.4, 0.5) is 0 Å². The van der Waals surface area contributed by atoms with Gasteiger partial charge >= 0.3 is 7.82 Å². The summed E-state index contributed by atoms with van der Waals surface area (Å²) < 4.78 is 26.4. The van der Waals surface area contributed by atoms with E-state index < -0.39 is 7.82 Å². The van der Waals surface area contributed by atoms with Crippen molar-refractivity contribution in [3.05, 3.63) is 42.5 Å². The zero-order valence-electron chi connectivity index (χ0n) is 9.62. The lowest BCUT2D eigenvalue weighted by Gasteiger charge is -2.14. The molecule has 0 aliphatic rings. The molecule has 0 aliphatic heterocycles. The van der Waals surface area contributed by atoms with Gasteiger partial charge in [-0.3, -0.25) is 9.05 Å². The first-order valence-corrected chi connectivity index (χ1v) is 6.53. The minimum absolute atomic E-state index is 0.454. The number of phosphoric acid groups is 1. The normalized spacial score (nSPS) is 11.6. The van der Waals surface area contributed by atoms with Gasteiger partial charge in [0.2, 0.25) is 0 Å². The second kappa shape index (κ2) is 4.88. The Morgan fingerprint density at radius 3 is 2.24 bits per heavy atom. The van der Waals surface area contributed by atoms with Gasteiger partial charge in [0.05, 0.1) is 0 Å². The smallest absolute Gasteiger partial charge is 0.404 e. The minimum atomic E-state index is -3.48. The fourth-order valence-corrected chi connectivity index (χ4v) is 2.17. The van der Waals surface area contributed by atoms with Crippen LogP contribution in [0.3, 0.4) is 0 Å². The molecule has 0 aliphatic carbocycles. The van der Waals surface area contributed by atoms with E-state index in [1.165, 1.54) is 14.2 Å². The third-order valence-corrected chi connectivity index (χ3v) is 3.71. The molecule has 0 amide bonds. The van der Waals surface area contributed by atoms with E-state index in [0.29, 0.717) is 5.75 Å². The SMILES string of the molecule is COP(=O)(OC)Oc1ccc2ccccc2c1. The van der Waals surface area contributed by atoms with Crippen LogP contribution in [0, 0.1) is 0 Å². The van der Waals surface area contributed by atoms with Crippen LogP contribution in [0.25, 0.3) is 10.8 Å². The van der Waals surface area contributed by atoms with E-state index in [1.807, 2.05) is 30.3 Å². The zero-order chi connectivity index (χ0) is 12.3. The Morgan fingerprint density at radius 1 is 0.941 bits per heavy atom. The van der Waals surface area contributed by atoms with Crippen LogP contribution in [0.2, 0.25) is 0 Å². The Bertz CT molecular complexity index is 559. The number of hydrogen-bond donors (Lipinski definition) is 0. The Hall–Kier alpha value is -1.35. The lowest BCUT2D eigenvalue weighted by Crippen LogP contribution is -1.96. The highest BCUT2D eigenvalue weighted by Crippen LogP contribution is 2.47. The third kappa shape index (κ3) is 2.67. The molecule has 0 spiro atoms. The maximum absolute atomic E-state index is 11.8. The summed E-state index contributed by atoms with van der Waals surface area (Å²) in [6, 6.07) is 13.2. The van der Waals surface area contributed by atoms with E-state index in [2.05, 4.69) is 0 Å². The topological polar surface area (TPSA) is 44.8 Å². The Balaban J connectivity index is 2.34. The second-order valence-corrected chi connectivity index (χ2v) is 5.22. The Labute approximate surface area is 99.7 Å². The molecule has 2 rings (SSSR count). The van der Waals surface area contributed by atoms with E-state index in [4.69, 9.17) is 13.6 Å². The number of benzene rings is 2. The molecule has 0 saturated carbocycles. The van der Waals surface area contributed by atoms with Crippen LogP contribution in [0.5, 0.6) is 5.75 Å². The lowest BCUT2D eigenvalue weighted by atomic mass is 10.1. The fourth-order valence-electron chi connectivity index (χ4n) is 1.50. The van der Waals surface area contributed by atoms with Gasteiger partial charge in [0.1, 0.15) is 5.75 Å². The predicted octanol–water partition coefficient (Wildman–Crippen LogP) is 3.62. The second-order valence-electron chi connectivity index (χ2n) is 3.41. The average Bonchev–Trinajstić information content (AvgIpc) is 2.38. The van der Waals surface area contributed by atoms with Crippen LogP contribution >= 0.6 is 7.82 Å². The highest BCUT2D eigenvalue weighted by Gasteiger charge is 2.24.